The first-order valence-corrected chi connectivity index (χ1v) is 2.89. The Bertz CT molecular complexity index is 320. The van der Waals surface area contributed by atoms with Crippen LogP contribution >= 0.6 is 0 Å². The largest absolute Gasteiger partial charge is 0.481 e. The summed E-state index contributed by atoms with van der Waals surface area (Å²) in [5.74, 6) is -0.0667. The molecule has 2 aromatic heterocycles. The molecular weight excluding hydrogens is 130 g/mol. The molecule has 0 fully saturated rings. The van der Waals surface area contributed by atoms with E-state index >= 15 is 0 Å². The van der Waals surface area contributed by atoms with Gasteiger partial charge in [0.15, 0.2) is 0 Å². The Morgan fingerprint density at radius 1 is 1.50 bits per heavy atom. The van der Waals surface area contributed by atoms with Crippen LogP contribution in [0.3, 0.4) is 0 Å². The Morgan fingerprint density at radius 2 is 2.40 bits per heavy atom. The van der Waals surface area contributed by atoms with E-state index in [4.69, 9.17) is 9.52 Å². The molecule has 3 nitrogen and oxygen atoms in total. The summed E-state index contributed by atoms with van der Waals surface area (Å²) in [6.45, 7) is 0. The number of hydrogen-bond acceptors (Lipinski definition) is 3. The van der Waals surface area contributed by atoms with Crippen LogP contribution in [0.25, 0.3) is 11.0 Å². The molecule has 2 heterocycles. The Hall–Kier alpha value is -1.51. The van der Waals surface area contributed by atoms with Gasteiger partial charge in [-0.3, -0.25) is 4.98 Å². The van der Waals surface area contributed by atoms with Crippen molar-refractivity contribution in [1.82, 2.24) is 4.98 Å². The monoisotopic (exact) mass is 135 g/mol. The molecule has 0 bridgehead atoms. The standard InChI is InChI=1S/C7H5NO2/c9-7-3-5-4-8-2-1-6(5)10-7/h1-4,9H. The number of aromatic hydroxyl groups is 1. The van der Waals surface area contributed by atoms with Gasteiger partial charge in [-0.05, 0) is 6.07 Å². The minimum atomic E-state index is -0.0667. The average molecular weight is 135 g/mol. The number of furan rings is 1. The van der Waals surface area contributed by atoms with Crippen LogP contribution in [-0.4, -0.2) is 10.1 Å². The van der Waals surface area contributed by atoms with Gasteiger partial charge in [0.2, 0.25) is 0 Å². The average Bonchev–Trinajstić information content (AvgIpc) is 2.27. The highest BCUT2D eigenvalue weighted by atomic mass is 16.5. The van der Waals surface area contributed by atoms with E-state index in [1.807, 2.05) is 0 Å². The van der Waals surface area contributed by atoms with Crippen molar-refractivity contribution in [3.63, 3.8) is 0 Å². The second-order valence-corrected chi connectivity index (χ2v) is 2.00. The first kappa shape index (κ1) is 5.29. The van der Waals surface area contributed by atoms with Crippen LogP contribution in [0, 0.1) is 0 Å². The summed E-state index contributed by atoms with van der Waals surface area (Å²) in [5, 5.41) is 9.68. The molecule has 0 spiro atoms. The van der Waals surface area contributed by atoms with Gasteiger partial charge in [0.25, 0.3) is 5.95 Å². The van der Waals surface area contributed by atoms with Crippen molar-refractivity contribution in [2.45, 2.75) is 0 Å². The van der Waals surface area contributed by atoms with Crippen molar-refractivity contribution in [3.8, 4) is 5.95 Å². The molecule has 10 heavy (non-hydrogen) atoms. The van der Waals surface area contributed by atoms with Gasteiger partial charge < -0.3 is 9.52 Å². The second kappa shape index (κ2) is 1.73. The normalized spacial score (nSPS) is 10.4. The number of nitrogens with zero attached hydrogens (tertiary/aromatic N) is 1. The van der Waals surface area contributed by atoms with Gasteiger partial charge in [0, 0.05) is 23.8 Å². The Balaban J connectivity index is 2.88. The van der Waals surface area contributed by atoms with Crippen LogP contribution in [0.4, 0.5) is 0 Å². The van der Waals surface area contributed by atoms with Crippen molar-refractivity contribution in [3.05, 3.63) is 24.5 Å². The van der Waals surface area contributed by atoms with Crippen molar-refractivity contribution in [2.24, 2.45) is 0 Å². The number of aromatic nitrogens is 1. The molecule has 0 aromatic carbocycles. The van der Waals surface area contributed by atoms with E-state index in [2.05, 4.69) is 4.98 Å². The maximum Gasteiger partial charge on any atom is 0.282 e. The minimum Gasteiger partial charge on any atom is -0.481 e. The van der Waals surface area contributed by atoms with Crippen LogP contribution in [0.2, 0.25) is 0 Å². The summed E-state index contributed by atoms with van der Waals surface area (Å²) in [4.78, 5) is 3.86. The van der Waals surface area contributed by atoms with Gasteiger partial charge >= 0.3 is 0 Å². The van der Waals surface area contributed by atoms with Crippen LogP contribution in [0.5, 0.6) is 5.95 Å². The zero-order valence-electron chi connectivity index (χ0n) is 5.11. The second-order valence-electron chi connectivity index (χ2n) is 2.00. The van der Waals surface area contributed by atoms with E-state index in [1.165, 1.54) is 6.07 Å². The fraction of sp³-hybridized carbons (Fsp3) is 0. The molecule has 0 unspecified atom stereocenters. The third-order valence-corrected chi connectivity index (χ3v) is 1.30. The maximum atomic E-state index is 8.86. The van der Waals surface area contributed by atoms with E-state index in [0.29, 0.717) is 5.58 Å². The predicted molar refractivity (Wildman–Crippen MR) is 35.7 cm³/mol. The molecule has 1 N–H and O–H groups in total. The SMILES string of the molecule is Oc1cc2cnccc2o1. The quantitative estimate of drug-likeness (QED) is 0.595. The number of pyridine rings is 1. The highest BCUT2D eigenvalue weighted by Gasteiger charge is 1.98. The molecule has 0 amide bonds. The predicted octanol–water partition coefficient (Wildman–Crippen LogP) is 1.53. The van der Waals surface area contributed by atoms with E-state index in [0.717, 1.165) is 5.39 Å². The molecule has 50 valence electrons. The van der Waals surface area contributed by atoms with Gasteiger partial charge in [-0.15, -0.1) is 0 Å². The zero-order valence-corrected chi connectivity index (χ0v) is 5.11. The highest BCUT2D eigenvalue weighted by molar-refractivity contribution is 5.77. The van der Waals surface area contributed by atoms with Crippen LogP contribution in [0.15, 0.2) is 28.9 Å². The van der Waals surface area contributed by atoms with E-state index < -0.39 is 0 Å². The molecule has 0 aliphatic heterocycles. The molecule has 2 aromatic rings. The van der Waals surface area contributed by atoms with Crippen molar-refractivity contribution < 1.29 is 9.52 Å². The summed E-state index contributed by atoms with van der Waals surface area (Å²) in [6, 6.07) is 3.23. The zero-order chi connectivity index (χ0) is 6.97. The molecule has 2 rings (SSSR count). The summed E-state index contributed by atoms with van der Waals surface area (Å²) in [5.41, 5.74) is 0.660. The fourth-order valence-corrected chi connectivity index (χ4v) is 0.870. The lowest BCUT2D eigenvalue weighted by atomic mass is 10.3. The Kier molecular flexibility index (Phi) is 0.917. The van der Waals surface area contributed by atoms with Gasteiger partial charge in [-0.1, -0.05) is 0 Å². The smallest absolute Gasteiger partial charge is 0.282 e. The van der Waals surface area contributed by atoms with Crippen LogP contribution in [-0.2, 0) is 0 Å². The van der Waals surface area contributed by atoms with Gasteiger partial charge in [-0.2, -0.15) is 0 Å². The molecule has 0 radical (unpaired) electrons. The van der Waals surface area contributed by atoms with Crippen molar-refractivity contribution in [2.75, 3.05) is 0 Å². The third kappa shape index (κ3) is 0.639. The van der Waals surface area contributed by atoms with Crippen LogP contribution < -0.4 is 0 Å². The lowest BCUT2D eigenvalue weighted by Gasteiger charge is -1.80. The fourth-order valence-electron chi connectivity index (χ4n) is 0.870. The van der Waals surface area contributed by atoms with Gasteiger partial charge in [0.05, 0.1) is 0 Å². The van der Waals surface area contributed by atoms with Crippen molar-refractivity contribution in [1.29, 1.82) is 0 Å². The number of fused-ring (bicyclic) bond motifs is 1. The molecule has 0 saturated heterocycles. The lowest BCUT2D eigenvalue weighted by Crippen LogP contribution is -1.65. The Labute approximate surface area is 56.9 Å². The first-order chi connectivity index (χ1) is 4.86. The summed E-state index contributed by atoms with van der Waals surface area (Å²) < 4.78 is 4.88. The molecule has 0 aliphatic rings. The molecule has 3 heteroatoms. The summed E-state index contributed by atoms with van der Waals surface area (Å²) >= 11 is 0. The topological polar surface area (TPSA) is 46.3 Å². The Morgan fingerprint density at radius 3 is 3.20 bits per heavy atom. The van der Waals surface area contributed by atoms with Gasteiger partial charge in [-0.25, -0.2) is 0 Å². The maximum absolute atomic E-state index is 8.86. The molecular formula is C7H5NO2. The van der Waals surface area contributed by atoms with Crippen LogP contribution in [0.1, 0.15) is 0 Å². The molecule has 0 aliphatic carbocycles. The first-order valence-electron chi connectivity index (χ1n) is 2.89. The number of hydrogen-bond donors (Lipinski definition) is 1. The third-order valence-electron chi connectivity index (χ3n) is 1.30. The highest BCUT2D eigenvalue weighted by Crippen LogP contribution is 2.21. The molecule has 0 atom stereocenters. The van der Waals surface area contributed by atoms with E-state index in [9.17, 15) is 0 Å². The summed E-state index contributed by atoms with van der Waals surface area (Å²) in [6.07, 6.45) is 3.25. The summed E-state index contributed by atoms with van der Waals surface area (Å²) in [7, 11) is 0. The minimum absolute atomic E-state index is 0.0667. The molecule has 0 saturated carbocycles. The van der Waals surface area contributed by atoms with E-state index in [1.54, 1.807) is 18.5 Å². The van der Waals surface area contributed by atoms with E-state index in [-0.39, 0.29) is 5.95 Å². The van der Waals surface area contributed by atoms with Gasteiger partial charge in [0.1, 0.15) is 5.58 Å². The lowest BCUT2D eigenvalue weighted by molar-refractivity contribution is 0.346. The van der Waals surface area contributed by atoms with Crippen molar-refractivity contribution >= 4 is 11.0 Å². The number of rotatable bonds is 0.